The third-order valence-corrected chi connectivity index (χ3v) is 3.81. The molecule has 2 N–H and O–H groups in total. The SMILES string of the molecule is COc1ccc2nc([C@@H]3CC=CC[C@@H]3C(=O)O)[nH]c2c1. The third-order valence-electron chi connectivity index (χ3n) is 3.81. The number of aromatic amines is 1. The number of nitrogens with zero attached hydrogens (tertiary/aromatic N) is 1. The number of carbonyl (C=O) groups is 1. The molecule has 0 spiro atoms. The molecule has 2 aromatic rings. The highest BCUT2D eigenvalue weighted by Gasteiger charge is 2.31. The molecule has 104 valence electrons. The van der Waals surface area contributed by atoms with E-state index in [2.05, 4.69) is 9.97 Å². The second kappa shape index (κ2) is 5.00. The van der Waals surface area contributed by atoms with Crippen LogP contribution >= 0.6 is 0 Å². The molecule has 0 bridgehead atoms. The number of H-pyrrole nitrogens is 1. The summed E-state index contributed by atoms with van der Waals surface area (Å²) in [6.45, 7) is 0. The molecule has 0 saturated carbocycles. The summed E-state index contributed by atoms with van der Waals surface area (Å²) in [5.74, 6) is 0.215. The summed E-state index contributed by atoms with van der Waals surface area (Å²) in [6.07, 6.45) is 5.22. The molecular weight excluding hydrogens is 256 g/mol. The Bertz CT molecular complexity index is 675. The number of aliphatic carboxylic acids is 1. The average molecular weight is 272 g/mol. The van der Waals surface area contributed by atoms with Crippen LogP contribution in [0.25, 0.3) is 11.0 Å². The highest BCUT2D eigenvalue weighted by molar-refractivity contribution is 5.77. The molecule has 0 amide bonds. The van der Waals surface area contributed by atoms with Gasteiger partial charge in [-0.05, 0) is 25.0 Å². The number of carboxylic acids is 1. The second-order valence-electron chi connectivity index (χ2n) is 5.00. The van der Waals surface area contributed by atoms with Crippen LogP contribution in [0.15, 0.2) is 30.4 Å². The Balaban J connectivity index is 2.00. The molecule has 1 aromatic heterocycles. The summed E-state index contributed by atoms with van der Waals surface area (Å²) in [5, 5.41) is 9.33. The lowest BCUT2D eigenvalue weighted by atomic mass is 9.82. The lowest BCUT2D eigenvalue weighted by molar-refractivity contribution is -0.142. The first-order chi connectivity index (χ1) is 9.69. The van der Waals surface area contributed by atoms with Crippen molar-refractivity contribution in [3.8, 4) is 5.75 Å². The highest BCUT2D eigenvalue weighted by atomic mass is 16.5. The van der Waals surface area contributed by atoms with Crippen molar-refractivity contribution in [1.82, 2.24) is 9.97 Å². The maximum Gasteiger partial charge on any atom is 0.307 e. The highest BCUT2D eigenvalue weighted by Crippen LogP contribution is 2.34. The number of aromatic nitrogens is 2. The maximum atomic E-state index is 11.4. The minimum absolute atomic E-state index is 0.101. The predicted molar refractivity (Wildman–Crippen MR) is 74.9 cm³/mol. The van der Waals surface area contributed by atoms with Crippen molar-refractivity contribution in [2.45, 2.75) is 18.8 Å². The van der Waals surface area contributed by atoms with Gasteiger partial charge in [0.2, 0.25) is 0 Å². The van der Waals surface area contributed by atoms with E-state index in [1.807, 2.05) is 30.4 Å². The molecule has 0 aliphatic heterocycles. The number of rotatable bonds is 3. The number of benzene rings is 1. The van der Waals surface area contributed by atoms with Crippen LogP contribution in [0.3, 0.4) is 0 Å². The Labute approximate surface area is 116 Å². The molecule has 1 aromatic carbocycles. The van der Waals surface area contributed by atoms with Gasteiger partial charge in [-0.1, -0.05) is 12.2 Å². The van der Waals surface area contributed by atoms with E-state index >= 15 is 0 Å². The number of hydrogen-bond acceptors (Lipinski definition) is 3. The van der Waals surface area contributed by atoms with Crippen molar-refractivity contribution in [2.24, 2.45) is 5.92 Å². The number of carboxylic acid groups (broad SMARTS) is 1. The molecule has 1 aliphatic carbocycles. The summed E-state index contributed by atoms with van der Waals surface area (Å²) < 4.78 is 5.18. The standard InChI is InChI=1S/C15H16N2O3/c1-20-9-6-7-12-13(8-9)17-14(16-12)10-4-2-3-5-11(10)15(18)19/h2-3,6-8,10-11H,4-5H2,1H3,(H,16,17)(H,18,19)/t10-,11+/m1/s1. The summed E-state index contributed by atoms with van der Waals surface area (Å²) in [5.41, 5.74) is 1.71. The molecular formula is C15H16N2O3. The predicted octanol–water partition coefficient (Wildman–Crippen LogP) is 2.71. The Morgan fingerprint density at radius 1 is 1.40 bits per heavy atom. The van der Waals surface area contributed by atoms with Crippen molar-refractivity contribution in [3.63, 3.8) is 0 Å². The topological polar surface area (TPSA) is 75.2 Å². The van der Waals surface area contributed by atoms with Gasteiger partial charge in [0.05, 0.1) is 24.1 Å². The number of methoxy groups -OCH3 is 1. The van der Waals surface area contributed by atoms with E-state index in [0.29, 0.717) is 12.8 Å². The molecule has 0 fully saturated rings. The fourth-order valence-corrected chi connectivity index (χ4v) is 2.70. The molecule has 0 saturated heterocycles. The number of ether oxygens (including phenoxy) is 1. The molecule has 2 atom stereocenters. The number of hydrogen-bond donors (Lipinski definition) is 2. The maximum absolute atomic E-state index is 11.4. The van der Waals surface area contributed by atoms with Gasteiger partial charge in [-0.2, -0.15) is 0 Å². The van der Waals surface area contributed by atoms with E-state index in [1.54, 1.807) is 7.11 Å². The smallest absolute Gasteiger partial charge is 0.307 e. The fourth-order valence-electron chi connectivity index (χ4n) is 2.70. The molecule has 3 rings (SSSR count). The normalized spacial score (nSPS) is 22.1. The van der Waals surface area contributed by atoms with Crippen LogP contribution in [0, 0.1) is 5.92 Å². The van der Waals surface area contributed by atoms with Crippen molar-refractivity contribution in [2.75, 3.05) is 7.11 Å². The van der Waals surface area contributed by atoms with Crippen molar-refractivity contribution in [3.05, 3.63) is 36.2 Å². The van der Waals surface area contributed by atoms with E-state index in [1.165, 1.54) is 0 Å². The number of fused-ring (bicyclic) bond motifs is 1. The largest absolute Gasteiger partial charge is 0.497 e. The van der Waals surface area contributed by atoms with Crippen molar-refractivity contribution < 1.29 is 14.6 Å². The van der Waals surface area contributed by atoms with Gasteiger partial charge in [0.15, 0.2) is 0 Å². The van der Waals surface area contributed by atoms with Crippen LogP contribution in [0.5, 0.6) is 5.75 Å². The lowest BCUT2D eigenvalue weighted by Crippen LogP contribution is -2.24. The van der Waals surface area contributed by atoms with Gasteiger partial charge in [-0.3, -0.25) is 4.79 Å². The second-order valence-corrected chi connectivity index (χ2v) is 5.00. The molecule has 1 heterocycles. The van der Waals surface area contributed by atoms with Gasteiger partial charge in [0.1, 0.15) is 11.6 Å². The van der Waals surface area contributed by atoms with Crippen LogP contribution in [-0.2, 0) is 4.79 Å². The van der Waals surface area contributed by atoms with Gasteiger partial charge < -0.3 is 14.8 Å². The molecule has 20 heavy (non-hydrogen) atoms. The summed E-state index contributed by atoms with van der Waals surface area (Å²) in [6, 6.07) is 5.60. The first-order valence-electron chi connectivity index (χ1n) is 6.60. The quantitative estimate of drug-likeness (QED) is 0.842. The number of imidazole rings is 1. The van der Waals surface area contributed by atoms with E-state index in [0.717, 1.165) is 22.6 Å². The van der Waals surface area contributed by atoms with Crippen LogP contribution in [0.4, 0.5) is 0 Å². The Morgan fingerprint density at radius 3 is 2.95 bits per heavy atom. The summed E-state index contributed by atoms with van der Waals surface area (Å²) in [4.78, 5) is 19.1. The fraction of sp³-hybridized carbons (Fsp3) is 0.333. The zero-order valence-corrected chi connectivity index (χ0v) is 11.2. The zero-order valence-electron chi connectivity index (χ0n) is 11.2. The third kappa shape index (κ3) is 2.15. The summed E-state index contributed by atoms with van der Waals surface area (Å²) >= 11 is 0. The minimum Gasteiger partial charge on any atom is -0.497 e. The summed E-state index contributed by atoms with van der Waals surface area (Å²) in [7, 11) is 1.62. The van der Waals surface area contributed by atoms with Crippen LogP contribution in [0.2, 0.25) is 0 Å². The number of allylic oxidation sites excluding steroid dienone is 2. The first kappa shape index (κ1) is 12.7. The molecule has 0 unspecified atom stereocenters. The van der Waals surface area contributed by atoms with Gasteiger partial charge >= 0.3 is 5.97 Å². The molecule has 0 radical (unpaired) electrons. The van der Waals surface area contributed by atoms with Crippen molar-refractivity contribution in [1.29, 1.82) is 0 Å². The van der Waals surface area contributed by atoms with Crippen LogP contribution < -0.4 is 4.74 Å². The minimum atomic E-state index is -0.766. The molecule has 5 nitrogen and oxygen atoms in total. The molecule has 1 aliphatic rings. The van der Waals surface area contributed by atoms with Crippen LogP contribution in [0.1, 0.15) is 24.6 Å². The Hall–Kier alpha value is -2.30. The van der Waals surface area contributed by atoms with Gasteiger partial charge in [-0.25, -0.2) is 4.98 Å². The monoisotopic (exact) mass is 272 g/mol. The Kier molecular flexibility index (Phi) is 3.18. The van der Waals surface area contributed by atoms with E-state index in [9.17, 15) is 9.90 Å². The molecule has 5 heteroatoms. The lowest BCUT2D eigenvalue weighted by Gasteiger charge is -2.23. The number of nitrogens with one attached hydrogen (secondary N) is 1. The van der Waals surface area contributed by atoms with E-state index < -0.39 is 11.9 Å². The van der Waals surface area contributed by atoms with Gasteiger partial charge in [-0.15, -0.1) is 0 Å². The van der Waals surface area contributed by atoms with Crippen LogP contribution in [-0.4, -0.2) is 28.2 Å². The zero-order chi connectivity index (χ0) is 14.1. The average Bonchev–Trinajstić information content (AvgIpc) is 2.89. The first-order valence-corrected chi connectivity index (χ1v) is 6.60. The van der Waals surface area contributed by atoms with Crippen molar-refractivity contribution >= 4 is 17.0 Å². The Morgan fingerprint density at radius 2 is 2.20 bits per heavy atom. The van der Waals surface area contributed by atoms with Gasteiger partial charge in [0.25, 0.3) is 0 Å². The van der Waals surface area contributed by atoms with E-state index in [-0.39, 0.29) is 5.92 Å². The van der Waals surface area contributed by atoms with Gasteiger partial charge in [0, 0.05) is 12.0 Å². The van der Waals surface area contributed by atoms with E-state index in [4.69, 9.17) is 4.74 Å².